The van der Waals surface area contributed by atoms with Crippen LogP contribution in [0, 0.1) is 18.3 Å². The third kappa shape index (κ3) is 9.17. The first-order chi connectivity index (χ1) is 15.7. The lowest BCUT2D eigenvalue weighted by atomic mass is 9.94. The molecule has 0 saturated carbocycles. The number of carbonyl (C=O) groups is 2. The molecule has 1 aromatic rings. The van der Waals surface area contributed by atoms with Gasteiger partial charge in [-0.05, 0) is 44.7 Å². The summed E-state index contributed by atoms with van der Waals surface area (Å²) in [6, 6.07) is 8.80. The van der Waals surface area contributed by atoms with Gasteiger partial charge < -0.3 is 9.47 Å². The van der Waals surface area contributed by atoms with E-state index in [1.807, 2.05) is 6.92 Å². The number of nitrogens with zero attached hydrogens (tertiary/aromatic N) is 1. The lowest BCUT2D eigenvalue weighted by Crippen LogP contribution is -2.37. The zero-order valence-corrected chi connectivity index (χ0v) is 20.9. The molecule has 0 amide bonds. The van der Waals surface area contributed by atoms with E-state index in [0.717, 1.165) is 31.2 Å². The molecule has 0 atom stereocenters. The van der Waals surface area contributed by atoms with E-state index in [9.17, 15) is 23.3 Å². The molecule has 0 radical (unpaired) electrons. The van der Waals surface area contributed by atoms with Gasteiger partial charge in [-0.1, -0.05) is 56.2 Å². The van der Waals surface area contributed by atoms with Crippen LogP contribution in [0.15, 0.2) is 29.2 Å². The topological polar surface area (TPSA) is 111 Å². The molecule has 0 aliphatic carbocycles. The highest BCUT2D eigenvalue weighted by atomic mass is 32.2. The van der Waals surface area contributed by atoms with Crippen molar-refractivity contribution in [2.75, 3.05) is 14.2 Å². The van der Waals surface area contributed by atoms with Gasteiger partial charge >= 0.3 is 11.9 Å². The van der Waals surface area contributed by atoms with Gasteiger partial charge in [0.25, 0.3) is 0 Å². The number of ether oxygens (including phenoxy) is 2. The highest BCUT2D eigenvalue weighted by Crippen LogP contribution is 2.35. The number of aryl methyl sites for hydroxylation is 1. The van der Waals surface area contributed by atoms with Gasteiger partial charge in [0, 0.05) is 12.8 Å². The lowest BCUT2D eigenvalue weighted by Gasteiger charge is -2.27. The largest absolute Gasteiger partial charge is 0.469 e. The maximum absolute atomic E-state index is 13.5. The predicted molar refractivity (Wildman–Crippen MR) is 126 cm³/mol. The molecule has 0 spiro atoms. The molecule has 0 unspecified atom stereocenters. The van der Waals surface area contributed by atoms with Crippen LogP contribution in [0.3, 0.4) is 0 Å². The summed E-state index contributed by atoms with van der Waals surface area (Å²) in [6.45, 7) is 1.89. The Kier molecular flexibility index (Phi) is 12.7. The van der Waals surface area contributed by atoms with E-state index in [2.05, 4.69) is 15.5 Å². The third-order valence-electron chi connectivity index (χ3n) is 5.93. The highest BCUT2D eigenvalue weighted by Gasteiger charge is 2.44. The van der Waals surface area contributed by atoms with Crippen LogP contribution in [-0.2, 0) is 28.9 Å². The minimum absolute atomic E-state index is 0.172. The molecular formula is C25H37NO6S. The zero-order valence-electron chi connectivity index (χ0n) is 20.1. The fourth-order valence-electron chi connectivity index (χ4n) is 3.78. The van der Waals surface area contributed by atoms with Crippen molar-refractivity contribution in [3.05, 3.63) is 29.8 Å². The number of carbonyl (C=O) groups excluding carboxylic acids is 2. The number of benzene rings is 1. The molecule has 0 saturated heterocycles. The van der Waals surface area contributed by atoms with Crippen LogP contribution in [0.5, 0.6) is 0 Å². The van der Waals surface area contributed by atoms with Gasteiger partial charge in [-0.2, -0.15) is 5.26 Å². The quantitative estimate of drug-likeness (QED) is 0.241. The van der Waals surface area contributed by atoms with Crippen LogP contribution in [0.4, 0.5) is 0 Å². The summed E-state index contributed by atoms with van der Waals surface area (Å²) >= 11 is 0. The smallest absolute Gasteiger partial charge is 0.305 e. The van der Waals surface area contributed by atoms with Crippen LogP contribution in [0.2, 0.25) is 0 Å². The Balaban J connectivity index is 2.83. The molecule has 1 aromatic carbocycles. The number of esters is 2. The lowest BCUT2D eigenvalue weighted by molar-refractivity contribution is -0.141. The summed E-state index contributed by atoms with van der Waals surface area (Å²) in [4.78, 5) is 22.7. The van der Waals surface area contributed by atoms with Crippen molar-refractivity contribution >= 4 is 21.8 Å². The van der Waals surface area contributed by atoms with Crippen LogP contribution in [-0.4, -0.2) is 39.3 Å². The van der Waals surface area contributed by atoms with Gasteiger partial charge in [-0.3, -0.25) is 9.59 Å². The molecule has 0 aliphatic heterocycles. The van der Waals surface area contributed by atoms with E-state index in [1.165, 1.54) is 14.2 Å². The molecule has 0 heterocycles. The molecule has 0 fully saturated rings. The van der Waals surface area contributed by atoms with Gasteiger partial charge in [0.1, 0.15) is 0 Å². The number of sulfone groups is 1. The van der Waals surface area contributed by atoms with Crippen LogP contribution >= 0.6 is 0 Å². The Morgan fingerprint density at radius 1 is 0.818 bits per heavy atom. The van der Waals surface area contributed by atoms with E-state index >= 15 is 0 Å². The second kappa shape index (κ2) is 14.7. The van der Waals surface area contributed by atoms with Gasteiger partial charge in [0.05, 0.1) is 25.2 Å². The fourth-order valence-corrected chi connectivity index (χ4v) is 5.67. The number of nitriles is 1. The summed E-state index contributed by atoms with van der Waals surface area (Å²) in [5.41, 5.74) is 0.952. The molecule has 0 aliphatic rings. The predicted octanol–water partition coefficient (Wildman–Crippen LogP) is 5.06. The minimum atomic E-state index is -3.86. The Labute approximate surface area is 198 Å². The number of hydrogen-bond donors (Lipinski definition) is 0. The van der Waals surface area contributed by atoms with Crippen molar-refractivity contribution in [3.8, 4) is 6.07 Å². The van der Waals surface area contributed by atoms with Crippen LogP contribution < -0.4 is 0 Å². The molecule has 33 heavy (non-hydrogen) atoms. The molecule has 0 bridgehead atoms. The highest BCUT2D eigenvalue weighted by molar-refractivity contribution is 7.93. The zero-order chi connectivity index (χ0) is 24.7. The van der Waals surface area contributed by atoms with Crippen LogP contribution in [0.25, 0.3) is 0 Å². The summed E-state index contributed by atoms with van der Waals surface area (Å²) in [7, 11) is -1.15. The summed E-state index contributed by atoms with van der Waals surface area (Å²) < 4.78 is 34.9. The van der Waals surface area contributed by atoms with E-state index in [-0.39, 0.29) is 29.7 Å². The van der Waals surface area contributed by atoms with Crippen molar-refractivity contribution in [3.63, 3.8) is 0 Å². The standard InChI is InChI=1S/C25H37NO6S/c1-21-14-16-22(17-15-21)33(29,30)25(20-26,18-10-6-4-8-12-23(27)31-2)19-11-7-5-9-13-24(28)32-3/h14-17H,4-13,18-19H2,1-3H3. The van der Waals surface area contributed by atoms with Crippen LogP contribution in [0.1, 0.15) is 82.6 Å². The molecular weight excluding hydrogens is 442 g/mol. The van der Waals surface area contributed by atoms with E-state index in [4.69, 9.17) is 0 Å². The summed E-state index contributed by atoms with van der Waals surface area (Å²) in [5, 5.41) is 10.1. The van der Waals surface area contributed by atoms with Crippen molar-refractivity contribution in [2.24, 2.45) is 0 Å². The van der Waals surface area contributed by atoms with Gasteiger partial charge in [-0.15, -0.1) is 0 Å². The Hall–Kier alpha value is -2.40. The number of rotatable bonds is 16. The fraction of sp³-hybridized carbons (Fsp3) is 0.640. The van der Waals surface area contributed by atoms with E-state index < -0.39 is 14.6 Å². The van der Waals surface area contributed by atoms with Gasteiger partial charge in [0.15, 0.2) is 14.6 Å². The van der Waals surface area contributed by atoms with Crippen molar-refractivity contribution in [1.82, 2.24) is 0 Å². The van der Waals surface area contributed by atoms with Gasteiger partial charge in [0.2, 0.25) is 0 Å². The van der Waals surface area contributed by atoms with E-state index in [1.54, 1.807) is 24.3 Å². The Bertz CT molecular complexity index is 858. The average Bonchev–Trinajstić information content (AvgIpc) is 2.81. The molecule has 184 valence electrons. The maximum Gasteiger partial charge on any atom is 0.305 e. The number of unbranched alkanes of at least 4 members (excludes halogenated alkanes) is 6. The number of hydrogen-bond acceptors (Lipinski definition) is 7. The molecule has 0 aromatic heterocycles. The third-order valence-corrected chi connectivity index (χ3v) is 8.35. The minimum Gasteiger partial charge on any atom is -0.469 e. The Morgan fingerprint density at radius 2 is 1.24 bits per heavy atom. The molecule has 7 nitrogen and oxygen atoms in total. The summed E-state index contributed by atoms with van der Waals surface area (Å²) in [6.07, 6.45) is 6.73. The molecule has 8 heteroatoms. The second-order valence-corrected chi connectivity index (χ2v) is 10.7. The monoisotopic (exact) mass is 479 g/mol. The first-order valence-electron chi connectivity index (χ1n) is 11.6. The van der Waals surface area contributed by atoms with Gasteiger partial charge in [-0.25, -0.2) is 8.42 Å². The SMILES string of the molecule is COC(=O)CCCCCCC(C#N)(CCCCCCC(=O)OC)S(=O)(=O)c1ccc(C)cc1. The van der Waals surface area contributed by atoms with Crippen molar-refractivity contribution < 1.29 is 27.5 Å². The second-order valence-electron chi connectivity index (χ2n) is 8.40. The van der Waals surface area contributed by atoms with Crippen molar-refractivity contribution in [1.29, 1.82) is 5.26 Å². The first kappa shape index (κ1) is 28.6. The van der Waals surface area contributed by atoms with E-state index in [0.29, 0.717) is 38.5 Å². The maximum atomic E-state index is 13.5. The number of methoxy groups -OCH3 is 2. The van der Waals surface area contributed by atoms with Crippen molar-refractivity contribution in [2.45, 2.75) is 93.6 Å². The molecule has 1 rings (SSSR count). The normalized spacial score (nSPS) is 11.6. The average molecular weight is 480 g/mol. The first-order valence-corrected chi connectivity index (χ1v) is 13.1. The Morgan fingerprint density at radius 3 is 1.64 bits per heavy atom. The molecule has 0 N–H and O–H groups in total. The summed E-state index contributed by atoms with van der Waals surface area (Å²) in [5.74, 6) is -0.508.